The minimum absolute atomic E-state index is 0.0223. The van der Waals surface area contributed by atoms with Crippen molar-refractivity contribution in [3.8, 4) is 0 Å². The Balaban J connectivity index is 2.18. The summed E-state index contributed by atoms with van der Waals surface area (Å²) < 4.78 is 6.52. The number of nitrogens with one attached hydrogen (secondary N) is 2. The van der Waals surface area contributed by atoms with Crippen LogP contribution in [0.15, 0.2) is 6.07 Å². The largest absolute Gasteiger partial charge is 0.476 e. The molecule has 0 aliphatic rings. The lowest BCUT2D eigenvalue weighted by atomic mass is 10.2. The van der Waals surface area contributed by atoms with Gasteiger partial charge in [-0.1, -0.05) is 0 Å². The van der Waals surface area contributed by atoms with Crippen molar-refractivity contribution in [2.24, 2.45) is 7.05 Å². The van der Waals surface area contributed by atoms with Gasteiger partial charge in [-0.05, 0) is 26.8 Å². The molecule has 9 nitrogen and oxygen atoms in total. The lowest BCUT2D eigenvalue weighted by Crippen LogP contribution is -2.35. The van der Waals surface area contributed by atoms with Crippen molar-refractivity contribution < 1.29 is 24.3 Å². The molecule has 0 aromatic carbocycles. The van der Waals surface area contributed by atoms with Crippen molar-refractivity contribution in [3.63, 3.8) is 0 Å². The summed E-state index contributed by atoms with van der Waals surface area (Å²) in [7, 11) is 1.65. The maximum atomic E-state index is 11.3. The summed E-state index contributed by atoms with van der Waals surface area (Å²) in [5.74, 6) is -1.08. The SMILES string of the molecule is Cn1nc(C(=O)O)cc1CNOCCNC(=O)OC(C)(C)C. The first-order chi connectivity index (χ1) is 10.2. The van der Waals surface area contributed by atoms with Gasteiger partial charge in [-0.25, -0.2) is 9.59 Å². The maximum absolute atomic E-state index is 11.3. The third kappa shape index (κ3) is 6.55. The smallest absolute Gasteiger partial charge is 0.407 e. The third-order valence-electron chi connectivity index (χ3n) is 2.42. The average Bonchev–Trinajstić information content (AvgIpc) is 2.73. The van der Waals surface area contributed by atoms with E-state index in [0.29, 0.717) is 12.2 Å². The molecule has 1 amide bonds. The summed E-state index contributed by atoms with van der Waals surface area (Å²) in [5.41, 5.74) is 2.78. The van der Waals surface area contributed by atoms with Crippen LogP contribution in [0.5, 0.6) is 0 Å². The molecule has 0 saturated heterocycles. The highest BCUT2D eigenvalue weighted by molar-refractivity contribution is 5.85. The second-order valence-corrected chi connectivity index (χ2v) is 5.55. The molecular weight excluding hydrogens is 292 g/mol. The van der Waals surface area contributed by atoms with Crippen LogP contribution in [0.25, 0.3) is 0 Å². The van der Waals surface area contributed by atoms with E-state index in [1.807, 2.05) is 0 Å². The van der Waals surface area contributed by atoms with E-state index in [9.17, 15) is 9.59 Å². The van der Waals surface area contributed by atoms with E-state index in [1.54, 1.807) is 27.8 Å². The molecule has 0 radical (unpaired) electrons. The van der Waals surface area contributed by atoms with E-state index >= 15 is 0 Å². The van der Waals surface area contributed by atoms with Crippen LogP contribution in [-0.2, 0) is 23.2 Å². The fourth-order valence-electron chi connectivity index (χ4n) is 1.49. The zero-order valence-corrected chi connectivity index (χ0v) is 13.2. The molecule has 1 rings (SSSR count). The fraction of sp³-hybridized carbons (Fsp3) is 0.615. The molecule has 0 bridgehead atoms. The number of nitrogens with zero attached hydrogens (tertiary/aromatic N) is 2. The second kappa shape index (κ2) is 7.76. The first kappa shape index (κ1) is 17.9. The molecular formula is C13H22N4O5. The number of hydrogen-bond donors (Lipinski definition) is 3. The van der Waals surface area contributed by atoms with Crippen molar-refractivity contribution in [2.75, 3.05) is 13.2 Å². The normalized spacial score (nSPS) is 11.3. The Morgan fingerprint density at radius 3 is 2.64 bits per heavy atom. The molecule has 0 aliphatic heterocycles. The number of alkyl carbamates (subject to hydrolysis) is 1. The number of aryl methyl sites for hydroxylation is 1. The molecule has 1 aromatic rings. The molecule has 0 aliphatic carbocycles. The molecule has 0 atom stereocenters. The highest BCUT2D eigenvalue weighted by atomic mass is 16.6. The van der Waals surface area contributed by atoms with E-state index in [0.717, 1.165) is 0 Å². The number of carbonyl (C=O) groups excluding carboxylic acids is 1. The van der Waals surface area contributed by atoms with Crippen LogP contribution in [0, 0.1) is 0 Å². The van der Waals surface area contributed by atoms with E-state index in [2.05, 4.69) is 15.9 Å². The number of hydroxylamine groups is 1. The Bertz CT molecular complexity index is 521. The zero-order chi connectivity index (χ0) is 16.8. The van der Waals surface area contributed by atoms with Crippen LogP contribution in [0.3, 0.4) is 0 Å². The molecule has 9 heteroatoms. The molecule has 3 N–H and O–H groups in total. The van der Waals surface area contributed by atoms with Crippen LogP contribution in [0.1, 0.15) is 37.0 Å². The van der Waals surface area contributed by atoms with Gasteiger partial charge in [-0.2, -0.15) is 10.6 Å². The van der Waals surface area contributed by atoms with Gasteiger partial charge in [0.1, 0.15) is 5.60 Å². The van der Waals surface area contributed by atoms with Gasteiger partial charge in [0.05, 0.1) is 18.8 Å². The fourth-order valence-corrected chi connectivity index (χ4v) is 1.49. The Morgan fingerprint density at radius 1 is 1.41 bits per heavy atom. The van der Waals surface area contributed by atoms with Gasteiger partial charge in [-0.15, -0.1) is 0 Å². The number of rotatable bonds is 7. The summed E-state index contributed by atoms with van der Waals surface area (Å²) in [6, 6.07) is 1.46. The van der Waals surface area contributed by atoms with Gasteiger partial charge in [0, 0.05) is 13.6 Å². The maximum Gasteiger partial charge on any atom is 0.407 e. The van der Waals surface area contributed by atoms with Crippen LogP contribution in [0.4, 0.5) is 4.79 Å². The summed E-state index contributed by atoms with van der Waals surface area (Å²) in [4.78, 5) is 27.2. The van der Waals surface area contributed by atoms with Gasteiger partial charge in [0.2, 0.25) is 0 Å². The van der Waals surface area contributed by atoms with Crippen molar-refractivity contribution in [3.05, 3.63) is 17.5 Å². The van der Waals surface area contributed by atoms with Crippen LogP contribution in [-0.4, -0.2) is 45.7 Å². The molecule has 22 heavy (non-hydrogen) atoms. The van der Waals surface area contributed by atoms with E-state index < -0.39 is 17.7 Å². The molecule has 0 unspecified atom stereocenters. The second-order valence-electron chi connectivity index (χ2n) is 5.55. The summed E-state index contributed by atoms with van der Waals surface area (Å²) >= 11 is 0. The van der Waals surface area contributed by atoms with Gasteiger partial charge in [0.25, 0.3) is 0 Å². The first-order valence-electron chi connectivity index (χ1n) is 6.77. The quantitative estimate of drug-likeness (QED) is 0.500. The number of ether oxygens (including phenoxy) is 1. The van der Waals surface area contributed by atoms with E-state index in [1.165, 1.54) is 10.7 Å². The number of aromatic carboxylic acids is 1. The lowest BCUT2D eigenvalue weighted by molar-refractivity contribution is 0.0291. The number of carbonyl (C=O) groups is 2. The number of carboxylic acids is 1. The monoisotopic (exact) mass is 314 g/mol. The highest BCUT2D eigenvalue weighted by Crippen LogP contribution is 2.06. The topological polar surface area (TPSA) is 115 Å². The zero-order valence-electron chi connectivity index (χ0n) is 13.2. The van der Waals surface area contributed by atoms with Crippen molar-refractivity contribution in [1.29, 1.82) is 0 Å². The standard InChI is InChI=1S/C13H22N4O5/c1-13(2,3)22-12(20)14-5-6-21-15-8-9-7-10(11(18)19)16-17(9)4/h7,15H,5-6,8H2,1-4H3,(H,14,20)(H,18,19). The number of carboxylic acid groups (broad SMARTS) is 1. The predicted octanol–water partition coefficient (Wildman–Crippen LogP) is 0.664. The Morgan fingerprint density at radius 2 is 2.09 bits per heavy atom. The lowest BCUT2D eigenvalue weighted by Gasteiger charge is -2.19. The third-order valence-corrected chi connectivity index (χ3v) is 2.42. The van der Waals surface area contributed by atoms with E-state index in [-0.39, 0.29) is 18.8 Å². The molecule has 0 spiro atoms. The molecule has 0 fully saturated rings. The summed E-state index contributed by atoms with van der Waals surface area (Å²) in [6.07, 6.45) is -0.506. The Kier molecular flexibility index (Phi) is 6.32. The van der Waals surface area contributed by atoms with Crippen molar-refractivity contribution in [2.45, 2.75) is 32.9 Å². The first-order valence-corrected chi connectivity index (χ1v) is 6.77. The predicted molar refractivity (Wildman–Crippen MR) is 77.2 cm³/mol. The van der Waals surface area contributed by atoms with Gasteiger partial charge < -0.3 is 15.2 Å². The molecule has 124 valence electrons. The molecule has 1 aromatic heterocycles. The summed E-state index contributed by atoms with van der Waals surface area (Å²) in [5, 5.41) is 15.2. The molecule has 1 heterocycles. The number of aromatic nitrogens is 2. The van der Waals surface area contributed by atoms with Crippen molar-refractivity contribution in [1.82, 2.24) is 20.6 Å². The average molecular weight is 314 g/mol. The van der Waals surface area contributed by atoms with E-state index in [4.69, 9.17) is 14.7 Å². The van der Waals surface area contributed by atoms with Gasteiger partial charge in [-0.3, -0.25) is 9.52 Å². The Hall–Kier alpha value is -2.13. The van der Waals surface area contributed by atoms with Crippen LogP contribution < -0.4 is 10.8 Å². The Labute approximate surface area is 128 Å². The van der Waals surface area contributed by atoms with Gasteiger partial charge >= 0.3 is 12.1 Å². The minimum atomic E-state index is -1.08. The van der Waals surface area contributed by atoms with Gasteiger partial charge in [0.15, 0.2) is 5.69 Å². The molecule has 0 saturated carbocycles. The summed E-state index contributed by atoms with van der Waals surface area (Å²) in [6.45, 7) is 6.16. The number of amides is 1. The number of hydrogen-bond acceptors (Lipinski definition) is 6. The van der Waals surface area contributed by atoms with Crippen molar-refractivity contribution >= 4 is 12.1 Å². The van der Waals surface area contributed by atoms with Crippen LogP contribution in [0.2, 0.25) is 0 Å². The van der Waals surface area contributed by atoms with Crippen LogP contribution >= 0.6 is 0 Å². The minimum Gasteiger partial charge on any atom is -0.476 e. The highest BCUT2D eigenvalue weighted by Gasteiger charge is 2.15.